The molecule has 0 aliphatic carbocycles. The van der Waals surface area contributed by atoms with Crippen molar-refractivity contribution in [2.75, 3.05) is 0 Å². The van der Waals surface area contributed by atoms with Gasteiger partial charge in [0, 0.05) is 0 Å². The van der Waals surface area contributed by atoms with Gasteiger partial charge in [0.15, 0.2) is 5.78 Å². The standard InChI is InChI=1S/C8H15NO2/c1-4-6(2)8(7(3)11)9-5-10/h5-6,8H,4H2,1-3H3,(H,9,10)/t6-,8-/m1/s1. The molecule has 0 saturated carbocycles. The average Bonchev–Trinajstić information content (AvgIpc) is 1.98. The molecule has 0 aliphatic rings. The Bertz CT molecular complexity index is 145. The molecule has 64 valence electrons. The van der Waals surface area contributed by atoms with E-state index in [1.807, 2.05) is 13.8 Å². The lowest BCUT2D eigenvalue weighted by Crippen LogP contribution is -2.39. The number of carbonyl (C=O) groups excluding carboxylic acids is 2. The van der Waals surface area contributed by atoms with Gasteiger partial charge < -0.3 is 5.32 Å². The summed E-state index contributed by atoms with van der Waals surface area (Å²) in [6.45, 7) is 5.43. The van der Waals surface area contributed by atoms with Crippen molar-refractivity contribution in [1.82, 2.24) is 5.32 Å². The molecule has 0 fully saturated rings. The lowest BCUT2D eigenvalue weighted by molar-refractivity contribution is -0.123. The fourth-order valence-electron chi connectivity index (χ4n) is 0.991. The third kappa shape index (κ3) is 3.16. The van der Waals surface area contributed by atoms with Crippen LogP contribution in [0, 0.1) is 5.92 Å². The van der Waals surface area contributed by atoms with Gasteiger partial charge in [0.1, 0.15) is 0 Å². The predicted octanol–water partition coefficient (Wildman–Crippen LogP) is 0.736. The van der Waals surface area contributed by atoms with Crippen molar-refractivity contribution in [2.45, 2.75) is 33.2 Å². The van der Waals surface area contributed by atoms with E-state index in [2.05, 4.69) is 5.32 Å². The van der Waals surface area contributed by atoms with E-state index < -0.39 is 0 Å². The topological polar surface area (TPSA) is 46.2 Å². The first-order valence-corrected chi connectivity index (χ1v) is 3.83. The molecular weight excluding hydrogens is 142 g/mol. The minimum absolute atomic E-state index is 0.0199. The van der Waals surface area contributed by atoms with Crippen LogP contribution < -0.4 is 5.32 Å². The summed E-state index contributed by atoms with van der Waals surface area (Å²) in [5.74, 6) is 0.240. The van der Waals surface area contributed by atoms with Crippen LogP contribution in [-0.4, -0.2) is 18.2 Å². The Labute approximate surface area is 67.2 Å². The summed E-state index contributed by atoms with van der Waals surface area (Å²) < 4.78 is 0. The van der Waals surface area contributed by atoms with Gasteiger partial charge in [-0.1, -0.05) is 20.3 Å². The largest absolute Gasteiger partial charge is 0.349 e. The number of rotatable bonds is 5. The molecule has 0 bridgehead atoms. The quantitative estimate of drug-likeness (QED) is 0.598. The maximum atomic E-state index is 10.9. The van der Waals surface area contributed by atoms with Crippen LogP contribution in [0.1, 0.15) is 27.2 Å². The van der Waals surface area contributed by atoms with Gasteiger partial charge in [0.05, 0.1) is 6.04 Å². The van der Waals surface area contributed by atoms with E-state index in [1.165, 1.54) is 6.92 Å². The minimum Gasteiger partial charge on any atom is -0.349 e. The highest BCUT2D eigenvalue weighted by atomic mass is 16.1. The highest BCUT2D eigenvalue weighted by Crippen LogP contribution is 2.07. The molecule has 3 nitrogen and oxygen atoms in total. The summed E-state index contributed by atoms with van der Waals surface area (Å²) in [6, 6.07) is -0.308. The lowest BCUT2D eigenvalue weighted by Gasteiger charge is -2.18. The van der Waals surface area contributed by atoms with E-state index in [1.54, 1.807) is 0 Å². The van der Waals surface area contributed by atoms with Gasteiger partial charge in [0.2, 0.25) is 6.41 Å². The van der Waals surface area contributed by atoms with Crippen molar-refractivity contribution < 1.29 is 9.59 Å². The van der Waals surface area contributed by atoms with Gasteiger partial charge >= 0.3 is 0 Å². The Morgan fingerprint density at radius 3 is 2.45 bits per heavy atom. The van der Waals surface area contributed by atoms with Gasteiger partial charge in [-0.25, -0.2) is 0 Å². The van der Waals surface area contributed by atoms with Crippen LogP contribution in [0.2, 0.25) is 0 Å². The zero-order valence-electron chi connectivity index (χ0n) is 7.26. The molecule has 1 amide bonds. The first kappa shape index (κ1) is 10.1. The van der Waals surface area contributed by atoms with Crippen LogP contribution in [0.5, 0.6) is 0 Å². The monoisotopic (exact) mass is 157 g/mol. The summed E-state index contributed by atoms with van der Waals surface area (Å²) in [7, 11) is 0. The molecule has 2 atom stereocenters. The molecule has 0 rings (SSSR count). The second-order valence-corrected chi connectivity index (χ2v) is 2.76. The Morgan fingerprint density at radius 2 is 2.18 bits per heavy atom. The molecule has 0 aromatic heterocycles. The molecule has 0 aromatic rings. The maximum Gasteiger partial charge on any atom is 0.207 e. The van der Waals surface area contributed by atoms with Crippen LogP contribution >= 0.6 is 0 Å². The SMILES string of the molecule is CC[C@@H](C)[C@@H](NC=O)C(C)=O. The number of amides is 1. The van der Waals surface area contributed by atoms with E-state index in [9.17, 15) is 9.59 Å². The van der Waals surface area contributed by atoms with E-state index in [0.29, 0.717) is 6.41 Å². The summed E-state index contributed by atoms with van der Waals surface area (Å²) in [5.41, 5.74) is 0. The van der Waals surface area contributed by atoms with E-state index in [-0.39, 0.29) is 17.7 Å². The number of carbonyl (C=O) groups is 2. The Balaban J connectivity index is 4.08. The highest BCUT2D eigenvalue weighted by Gasteiger charge is 2.18. The molecule has 1 N–H and O–H groups in total. The summed E-state index contributed by atoms with van der Waals surface area (Å²) in [6.07, 6.45) is 1.48. The van der Waals surface area contributed by atoms with Gasteiger partial charge in [0.25, 0.3) is 0 Å². The van der Waals surface area contributed by atoms with Crippen molar-refractivity contribution in [2.24, 2.45) is 5.92 Å². The molecule has 3 heteroatoms. The van der Waals surface area contributed by atoms with Crippen LogP contribution in [0.15, 0.2) is 0 Å². The Morgan fingerprint density at radius 1 is 1.64 bits per heavy atom. The zero-order valence-corrected chi connectivity index (χ0v) is 7.26. The number of ketones is 1. The third-order valence-corrected chi connectivity index (χ3v) is 1.90. The number of hydrogen-bond acceptors (Lipinski definition) is 2. The predicted molar refractivity (Wildman–Crippen MR) is 43.1 cm³/mol. The Hall–Kier alpha value is -0.860. The second kappa shape index (κ2) is 4.88. The van der Waals surface area contributed by atoms with Crippen LogP contribution in [-0.2, 0) is 9.59 Å². The van der Waals surface area contributed by atoms with E-state index >= 15 is 0 Å². The third-order valence-electron chi connectivity index (χ3n) is 1.90. The van der Waals surface area contributed by atoms with E-state index in [0.717, 1.165) is 6.42 Å². The van der Waals surface area contributed by atoms with Gasteiger partial charge in [-0.05, 0) is 12.8 Å². The second-order valence-electron chi connectivity index (χ2n) is 2.76. The van der Waals surface area contributed by atoms with Gasteiger partial charge in [-0.2, -0.15) is 0 Å². The van der Waals surface area contributed by atoms with Crippen molar-refractivity contribution in [3.63, 3.8) is 0 Å². The highest BCUT2D eigenvalue weighted by molar-refractivity contribution is 5.83. The fourth-order valence-corrected chi connectivity index (χ4v) is 0.991. The van der Waals surface area contributed by atoms with Crippen molar-refractivity contribution >= 4 is 12.2 Å². The van der Waals surface area contributed by atoms with Crippen molar-refractivity contribution in [3.05, 3.63) is 0 Å². The minimum atomic E-state index is -0.308. The molecule has 11 heavy (non-hydrogen) atoms. The molecule has 0 heterocycles. The molecule has 0 radical (unpaired) electrons. The summed E-state index contributed by atoms with van der Waals surface area (Å²) >= 11 is 0. The average molecular weight is 157 g/mol. The summed E-state index contributed by atoms with van der Waals surface area (Å²) in [4.78, 5) is 21.0. The van der Waals surface area contributed by atoms with Crippen molar-refractivity contribution in [1.29, 1.82) is 0 Å². The number of nitrogens with one attached hydrogen (secondary N) is 1. The number of hydrogen-bond donors (Lipinski definition) is 1. The lowest BCUT2D eigenvalue weighted by atomic mass is 9.96. The molecule has 0 aliphatic heterocycles. The van der Waals surface area contributed by atoms with Gasteiger partial charge in [-0.15, -0.1) is 0 Å². The van der Waals surface area contributed by atoms with Gasteiger partial charge in [-0.3, -0.25) is 9.59 Å². The first-order valence-electron chi connectivity index (χ1n) is 3.83. The normalized spacial score (nSPS) is 15.2. The molecular formula is C8H15NO2. The maximum absolute atomic E-state index is 10.9. The van der Waals surface area contributed by atoms with Crippen molar-refractivity contribution in [3.8, 4) is 0 Å². The zero-order chi connectivity index (χ0) is 8.85. The number of Topliss-reactive ketones (excluding diaryl/α,β-unsaturated/α-hetero) is 1. The fraction of sp³-hybridized carbons (Fsp3) is 0.750. The molecule has 0 saturated heterocycles. The van der Waals surface area contributed by atoms with E-state index in [4.69, 9.17) is 0 Å². The Kier molecular flexibility index (Phi) is 4.50. The smallest absolute Gasteiger partial charge is 0.207 e. The molecule has 0 spiro atoms. The van der Waals surface area contributed by atoms with Crippen LogP contribution in [0.25, 0.3) is 0 Å². The van der Waals surface area contributed by atoms with Crippen LogP contribution in [0.4, 0.5) is 0 Å². The van der Waals surface area contributed by atoms with Crippen LogP contribution in [0.3, 0.4) is 0 Å². The first-order chi connectivity index (χ1) is 5.13. The summed E-state index contributed by atoms with van der Waals surface area (Å²) in [5, 5.41) is 2.50. The molecule has 0 aromatic carbocycles. The molecule has 0 unspecified atom stereocenters.